The molecule has 6 heteroatoms. The highest BCUT2D eigenvalue weighted by atomic mass is 16.1. The first-order chi connectivity index (χ1) is 9.63. The van der Waals surface area contributed by atoms with E-state index in [0.717, 1.165) is 12.1 Å². The van der Waals surface area contributed by atoms with E-state index in [0.29, 0.717) is 5.69 Å². The molecule has 2 heterocycles. The van der Waals surface area contributed by atoms with Gasteiger partial charge in [-0.15, -0.1) is 0 Å². The van der Waals surface area contributed by atoms with Crippen molar-refractivity contribution in [3.05, 3.63) is 42.5 Å². The topological polar surface area (TPSA) is 71.8 Å². The molecule has 1 atom stereocenters. The van der Waals surface area contributed by atoms with Gasteiger partial charge in [0.05, 0.1) is 31.2 Å². The van der Waals surface area contributed by atoms with E-state index in [1.807, 2.05) is 30.9 Å². The Hall–Kier alpha value is -2.21. The van der Waals surface area contributed by atoms with Gasteiger partial charge in [-0.05, 0) is 31.5 Å². The number of rotatable bonds is 6. The fraction of sp³-hybridized carbons (Fsp3) is 0.357. The van der Waals surface area contributed by atoms with Crippen molar-refractivity contribution < 1.29 is 4.79 Å². The number of aromatic nitrogens is 3. The van der Waals surface area contributed by atoms with E-state index in [1.54, 1.807) is 24.5 Å². The summed E-state index contributed by atoms with van der Waals surface area (Å²) in [6, 6.07) is 3.75. The second-order valence-corrected chi connectivity index (χ2v) is 4.81. The van der Waals surface area contributed by atoms with Crippen molar-refractivity contribution >= 4 is 11.6 Å². The molecule has 0 saturated carbocycles. The van der Waals surface area contributed by atoms with E-state index >= 15 is 0 Å². The quantitative estimate of drug-likeness (QED) is 0.829. The van der Waals surface area contributed by atoms with Crippen molar-refractivity contribution in [3.8, 4) is 0 Å². The van der Waals surface area contributed by atoms with Gasteiger partial charge in [0.15, 0.2) is 0 Å². The van der Waals surface area contributed by atoms with Crippen molar-refractivity contribution in [2.45, 2.75) is 26.4 Å². The Morgan fingerprint density at radius 3 is 2.95 bits per heavy atom. The number of nitrogens with one attached hydrogen (secondary N) is 2. The molecule has 0 aliphatic rings. The molecule has 0 fully saturated rings. The third-order valence-corrected chi connectivity index (χ3v) is 2.78. The number of hydrogen-bond donors (Lipinski definition) is 2. The number of carbonyl (C=O) groups is 1. The summed E-state index contributed by atoms with van der Waals surface area (Å²) in [4.78, 5) is 15.7. The maximum Gasteiger partial charge on any atom is 0.238 e. The zero-order valence-electron chi connectivity index (χ0n) is 11.7. The summed E-state index contributed by atoms with van der Waals surface area (Å²) in [6.45, 7) is 5.02. The van der Waals surface area contributed by atoms with Crippen molar-refractivity contribution in [1.82, 2.24) is 20.1 Å². The van der Waals surface area contributed by atoms with Gasteiger partial charge in [0, 0.05) is 18.4 Å². The first-order valence-electron chi connectivity index (χ1n) is 6.56. The number of amides is 1. The molecule has 6 nitrogen and oxygen atoms in total. The number of pyridine rings is 1. The van der Waals surface area contributed by atoms with E-state index in [1.165, 1.54) is 0 Å². The SMILES string of the molecule is Cc1cnn(C[C@@H](C)NCC(=O)Nc2cccnc2)c1. The maximum atomic E-state index is 11.7. The number of carbonyl (C=O) groups excluding carboxylic acids is 1. The van der Waals surface area contributed by atoms with Crippen molar-refractivity contribution in [3.63, 3.8) is 0 Å². The predicted molar refractivity (Wildman–Crippen MR) is 77.3 cm³/mol. The molecule has 0 aromatic carbocycles. The third kappa shape index (κ3) is 4.47. The van der Waals surface area contributed by atoms with Gasteiger partial charge in [-0.25, -0.2) is 0 Å². The Morgan fingerprint density at radius 1 is 1.45 bits per heavy atom. The maximum absolute atomic E-state index is 11.7. The van der Waals surface area contributed by atoms with Crippen LogP contribution in [-0.2, 0) is 11.3 Å². The number of hydrogen-bond acceptors (Lipinski definition) is 4. The van der Waals surface area contributed by atoms with Crippen LogP contribution < -0.4 is 10.6 Å². The molecule has 106 valence electrons. The van der Waals surface area contributed by atoms with Crippen LogP contribution in [-0.4, -0.2) is 33.3 Å². The van der Waals surface area contributed by atoms with Gasteiger partial charge in [0.25, 0.3) is 0 Å². The first kappa shape index (κ1) is 14.2. The molecule has 2 aromatic rings. The zero-order chi connectivity index (χ0) is 14.4. The van der Waals surface area contributed by atoms with Gasteiger partial charge in [0.2, 0.25) is 5.91 Å². The molecule has 2 aromatic heterocycles. The van der Waals surface area contributed by atoms with Crippen LogP contribution in [0.4, 0.5) is 5.69 Å². The fourth-order valence-electron chi connectivity index (χ4n) is 1.82. The summed E-state index contributed by atoms with van der Waals surface area (Å²) in [5.74, 6) is -0.0819. The Labute approximate surface area is 118 Å². The highest BCUT2D eigenvalue weighted by molar-refractivity contribution is 5.92. The summed E-state index contributed by atoms with van der Waals surface area (Å²) >= 11 is 0. The minimum absolute atomic E-state index is 0.0819. The molecule has 0 bridgehead atoms. The Balaban J connectivity index is 1.73. The number of aryl methyl sites for hydroxylation is 1. The second-order valence-electron chi connectivity index (χ2n) is 4.81. The summed E-state index contributed by atoms with van der Waals surface area (Å²) in [6.07, 6.45) is 7.09. The van der Waals surface area contributed by atoms with Crippen LogP contribution >= 0.6 is 0 Å². The molecular formula is C14H19N5O. The minimum Gasteiger partial charge on any atom is -0.324 e. The molecule has 0 aliphatic heterocycles. The van der Waals surface area contributed by atoms with E-state index in [4.69, 9.17) is 0 Å². The molecule has 2 N–H and O–H groups in total. The fourth-order valence-corrected chi connectivity index (χ4v) is 1.82. The lowest BCUT2D eigenvalue weighted by Crippen LogP contribution is -2.37. The van der Waals surface area contributed by atoms with E-state index in [2.05, 4.69) is 20.7 Å². The lowest BCUT2D eigenvalue weighted by Gasteiger charge is -2.13. The number of anilines is 1. The monoisotopic (exact) mass is 273 g/mol. The van der Waals surface area contributed by atoms with Gasteiger partial charge >= 0.3 is 0 Å². The molecule has 20 heavy (non-hydrogen) atoms. The third-order valence-electron chi connectivity index (χ3n) is 2.78. The molecule has 0 radical (unpaired) electrons. The van der Waals surface area contributed by atoms with Crippen LogP contribution in [0.5, 0.6) is 0 Å². The van der Waals surface area contributed by atoms with Crippen LogP contribution in [0.25, 0.3) is 0 Å². The highest BCUT2D eigenvalue weighted by Gasteiger charge is 2.07. The van der Waals surface area contributed by atoms with Crippen molar-refractivity contribution in [2.24, 2.45) is 0 Å². The molecule has 0 saturated heterocycles. The minimum atomic E-state index is -0.0819. The second kappa shape index (κ2) is 6.81. The van der Waals surface area contributed by atoms with Crippen LogP contribution in [0, 0.1) is 6.92 Å². The van der Waals surface area contributed by atoms with Gasteiger partial charge in [-0.1, -0.05) is 0 Å². The Kier molecular flexibility index (Phi) is 4.84. The number of nitrogens with zero attached hydrogens (tertiary/aromatic N) is 3. The Morgan fingerprint density at radius 2 is 2.30 bits per heavy atom. The van der Waals surface area contributed by atoms with Crippen molar-refractivity contribution in [2.75, 3.05) is 11.9 Å². The smallest absolute Gasteiger partial charge is 0.238 e. The van der Waals surface area contributed by atoms with E-state index in [-0.39, 0.29) is 18.5 Å². The molecule has 0 aliphatic carbocycles. The molecule has 1 amide bonds. The van der Waals surface area contributed by atoms with Crippen LogP contribution in [0.3, 0.4) is 0 Å². The van der Waals surface area contributed by atoms with Gasteiger partial charge < -0.3 is 10.6 Å². The summed E-state index contributed by atoms with van der Waals surface area (Å²) in [5.41, 5.74) is 1.83. The van der Waals surface area contributed by atoms with E-state index < -0.39 is 0 Å². The Bertz CT molecular complexity index is 552. The van der Waals surface area contributed by atoms with Gasteiger partial charge in [-0.3, -0.25) is 14.5 Å². The van der Waals surface area contributed by atoms with Gasteiger partial charge in [0.1, 0.15) is 0 Å². The normalized spacial score (nSPS) is 12.1. The zero-order valence-corrected chi connectivity index (χ0v) is 11.7. The lowest BCUT2D eigenvalue weighted by atomic mass is 10.3. The van der Waals surface area contributed by atoms with Crippen LogP contribution in [0.2, 0.25) is 0 Å². The predicted octanol–water partition coefficient (Wildman–Crippen LogP) is 1.20. The first-order valence-corrected chi connectivity index (χ1v) is 6.56. The average Bonchev–Trinajstić information content (AvgIpc) is 2.83. The summed E-state index contributed by atoms with van der Waals surface area (Å²) < 4.78 is 1.87. The lowest BCUT2D eigenvalue weighted by molar-refractivity contribution is -0.115. The molecule has 0 unspecified atom stereocenters. The standard InChI is InChI=1S/C14H19N5O/c1-11-6-17-19(9-11)10-12(2)16-8-14(20)18-13-4-3-5-15-7-13/h3-7,9,12,16H,8,10H2,1-2H3,(H,18,20)/t12-/m1/s1. The van der Waals surface area contributed by atoms with E-state index in [9.17, 15) is 4.79 Å². The van der Waals surface area contributed by atoms with Gasteiger partial charge in [-0.2, -0.15) is 5.10 Å². The highest BCUT2D eigenvalue weighted by Crippen LogP contribution is 2.01. The molecular weight excluding hydrogens is 254 g/mol. The largest absolute Gasteiger partial charge is 0.324 e. The summed E-state index contributed by atoms with van der Waals surface area (Å²) in [7, 11) is 0. The van der Waals surface area contributed by atoms with Crippen LogP contribution in [0.1, 0.15) is 12.5 Å². The molecule has 2 rings (SSSR count). The van der Waals surface area contributed by atoms with Crippen molar-refractivity contribution in [1.29, 1.82) is 0 Å². The summed E-state index contributed by atoms with van der Waals surface area (Å²) in [5, 5.41) is 10.2. The van der Waals surface area contributed by atoms with Crippen LogP contribution in [0.15, 0.2) is 36.9 Å². The molecule has 0 spiro atoms. The average molecular weight is 273 g/mol.